The molecule has 3 N–H and O–H groups in total. The Morgan fingerprint density at radius 1 is 1.33 bits per heavy atom. The predicted octanol–water partition coefficient (Wildman–Crippen LogP) is 0.919. The molecule has 5 nitrogen and oxygen atoms in total. The minimum absolute atomic E-state index is 0.0563. The van der Waals surface area contributed by atoms with Gasteiger partial charge in [0.15, 0.2) is 0 Å². The number of carbonyl (C=O) groups excluding carboxylic acids is 1. The molecular formula is C13H28N2O3. The Labute approximate surface area is 110 Å². The summed E-state index contributed by atoms with van der Waals surface area (Å²) < 4.78 is 10.3. The van der Waals surface area contributed by atoms with Crippen LogP contribution < -0.4 is 11.1 Å². The number of rotatable bonds is 10. The number of nitrogens with two attached hydrogens (primary N) is 1. The molecule has 1 unspecified atom stereocenters. The maximum Gasteiger partial charge on any atom is 0.246 e. The second kappa shape index (κ2) is 9.30. The highest BCUT2D eigenvalue weighted by Crippen LogP contribution is 2.14. The van der Waals surface area contributed by atoms with Crippen molar-refractivity contribution in [1.29, 1.82) is 0 Å². The minimum Gasteiger partial charge on any atom is -0.379 e. The molecule has 1 amide bonds. The van der Waals surface area contributed by atoms with E-state index in [1.54, 1.807) is 0 Å². The molecule has 0 aromatic carbocycles. The van der Waals surface area contributed by atoms with E-state index in [-0.39, 0.29) is 18.1 Å². The van der Waals surface area contributed by atoms with Crippen LogP contribution in [0.25, 0.3) is 0 Å². The van der Waals surface area contributed by atoms with Crippen LogP contribution in [0.2, 0.25) is 0 Å². The summed E-state index contributed by atoms with van der Waals surface area (Å²) in [6.45, 7) is 10.2. The van der Waals surface area contributed by atoms with Crippen LogP contribution in [0.5, 0.6) is 0 Å². The highest BCUT2D eigenvalue weighted by atomic mass is 16.5. The van der Waals surface area contributed by atoms with Gasteiger partial charge in [-0.3, -0.25) is 4.79 Å². The summed E-state index contributed by atoms with van der Waals surface area (Å²) in [5.74, 6) is 0.359. The fourth-order valence-electron chi connectivity index (χ4n) is 1.89. The molecule has 108 valence electrons. The Kier molecular flexibility index (Phi) is 8.97. The van der Waals surface area contributed by atoms with Gasteiger partial charge in [-0.05, 0) is 26.2 Å². The third kappa shape index (κ3) is 8.44. The highest BCUT2D eigenvalue weighted by Gasteiger charge is 2.25. The van der Waals surface area contributed by atoms with Crippen molar-refractivity contribution in [2.24, 2.45) is 11.7 Å². The minimum atomic E-state index is -0.353. The van der Waals surface area contributed by atoms with Gasteiger partial charge in [0.2, 0.25) is 5.91 Å². The van der Waals surface area contributed by atoms with E-state index >= 15 is 0 Å². The fraction of sp³-hybridized carbons (Fsp3) is 0.923. The van der Waals surface area contributed by atoms with Gasteiger partial charge < -0.3 is 20.5 Å². The van der Waals surface area contributed by atoms with Crippen molar-refractivity contribution in [3.63, 3.8) is 0 Å². The first-order valence-electron chi connectivity index (χ1n) is 6.60. The average Bonchev–Trinajstić information content (AvgIpc) is 2.27. The van der Waals surface area contributed by atoms with Crippen LogP contribution in [0.15, 0.2) is 0 Å². The molecular weight excluding hydrogens is 232 g/mol. The van der Waals surface area contributed by atoms with Gasteiger partial charge in [0.05, 0.1) is 13.2 Å². The van der Waals surface area contributed by atoms with Crippen molar-refractivity contribution < 1.29 is 14.3 Å². The summed E-state index contributed by atoms with van der Waals surface area (Å²) in [4.78, 5) is 11.7. The number of carbonyl (C=O) groups is 1. The van der Waals surface area contributed by atoms with E-state index in [9.17, 15) is 4.79 Å². The van der Waals surface area contributed by atoms with E-state index in [0.717, 1.165) is 6.42 Å². The summed E-state index contributed by atoms with van der Waals surface area (Å²) in [5, 5.41) is 2.94. The summed E-state index contributed by atoms with van der Waals surface area (Å²) in [6.07, 6.45) is 0.855. The zero-order chi connectivity index (χ0) is 14.0. The third-order valence-corrected chi connectivity index (χ3v) is 2.56. The van der Waals surface area contributed by atoms with Crippen LogP contribution in [0.3, 0.4) is 0 Å². The molecule has 0 rings (SSSR count). The molecule has 18 heavy (non-hydrogen) atoms. The maximum absolute atomic E-state index is 11.7. The van der Waals surface area contributed by atoms with Crippen LogP contribution in [-0.4, -0.2) is 44.4 Å². The lowest BCUT2D eigenvalue weighted by atomic mass is 9.91. The van der Waals surface area contributed by atoms with E-state index in [1.165, 1.54) is 0 Å². The number of nitrogens with one attached hydrogen (secondary N) is 1. The normalized spacial score (nSPS) is 14.6. The first kappa shape index (κ1) is 17.4. The molecule has 0 fully saturated rings. The van der Waals surface area contributed by atoms with E-state index < -0.39 is 0 Å². The molecule has 0 aliphatic rings. The van der Waals surface area contributed by atoms with Crippen molar-refractivity contribution in [3.05, 3.63) is 0 Å². The summed E-state index contributed by atoms with van der Waals surface area (Å²) in [7, 11) is 0. The quantitative estimate of drug-likeness (QED) is 0.573. The van der Waals surface area contributed by atoms with Crippen molar-refractivity contribution >= 4 is 5.91 Å². The van der Waals surface area contributed by atoms with E-state index in [4.69, 9.17) is 15.2 Å². The van der Waals surface area contributed by atoms with Crippen LogP contribution in [0.1, 0.15) is 34.1 Å². The molecule has 0 aliphatic heterocycles. The molecule has 0 spiro atoms. The van der Waals surface area contributed by atoms with Gasteiger partial charge in [0, 0.05) is 18.7 Å². The summed E-state index contributed by atoms with van der Waals surface area (Å²) >= 11 is 0. The first-order chi connectivity index (χ1) is 8.43. The fourth-order valence-corrected chi connectivity index (χ4v) is 1.89. The van der Waals surface area contributed by atoms with Crippen LogP contribution in [0, 0.1) is 5.92 Å². The Hall–Kier alpha value is -0.650. The van der Waals surface area contributed by atoms with Gasteiger partial charge in [0.1, 0.15) is 6.61 Å². The highest BCUT2D eigenvalue weighted by molar-refractivity contribution is 5.78. The zero-order valence-corrected chi connectivity index (χ0v) is 12.1. The second-order valence-corrected chi connectivity index (χ2v) is 5.16. The van der Waals surface area contributed by atoms with Gasteiger partial charge in [-0.25, -0.2) is 0 Å². The van der Waals surface area contributed by atoms with Crippen molar-refractivity contribution in [2.45, 2.75) is 39.7 Å². The molecule has 0 radical (unpaired) electrons. The van der Waals surface area contributed by atoms with E-state index in [0.29, 0.717) is 32.3 Å². The Morgan fingerprint density at radius 2 is 1.94 bits per heavy atom. The molecule has 0 aromatic rings. The topological polar surface area (TPSA) is 73.6 Å². The molecule has 0 saturated carbocycles. The molecule has 0 bridgehead atoms. The second-order valence-electron chi connectivity index (χ2n) is 5.16. The number of ether oxygens (including phenoxy) is 2. The van der Waals surface area contributed by atoms with Crippen molar-refractivity contribution in [1.82, 2.24) is 5.32 Å². The molecule has 0 saturated heterocycles. The molecule has 5 heteroatoms. The SMILES string of the molecule is CCOCCOCC(=O)NC(C)(CN)CC(C)C. The van der Waals surface area contributed by atoms with Gasteiger partial charge >= 0.3 is 0 Å². The standard InChI is InChI=1S/C13H28N2O3/c1-5-17-6-7-18-9-12(16)15-13(4,10-14)8-11(2)3/h11H,5-10,14H2,1-4H3,(H,15,16). The van der Waals surface area contributed by atoms with E-state index in [2.05, 4.69) is 19.2 Å². The maximum atomic E-state index is 11.7. The van der Waals surface area contributed by atoms with Gasteiger partial charge in [-0.2, -0.15) is 0 Å². The monoisotopic (exact) mass is 260 g/mol. The Morgan fingerprint density at radius 3 is 2.44 bits per heavy atom. The first-order valence-corrected chi connectivity index (χ1v) is 6.60. The lowest BCUT2D eigenvalue weighted by Crippen LogP contribution is -2.53. The van der Waals surface area contributed by atoms with Crippen molar-refractivity contribution in [2.75, 3.05) is 33.0 Å². The van der Waals surface area contributed by atoms with E-state index in [1.807, 2.05) is 13.8 Å². The summed E-state index contributed by atoms with van der Waals surface area (Å²) in [5.41, 5.74) is 5.37. The lowest BCUT2D eigenvalue weighted by Gasteiger charge is -2.31. The van der Waals surface area contributed by atoms with Crippen LogP contribution in [0.4, 0.5) is 0 Å². The van der Waals surface area contributed by atoms with Crippen molar-refractivity contribution in [3.8, 4) is 0 Å². The average molecular weight is 260 g/mol. The Bertz CT molecular complexity index is 234. The number of hydrogen-bond acceptors (Lipinski definition) is 4. The smallest absolute Gasteiger partial charge is 0.246 e. The third-order valence-electron chi connectivity index (χ3n) is 2.56. The number of hydrogen-bond donors (Lipinski definition) is 2. The van der Waals surface area contributed by atoms with Gasteiger partial charge in [-0.15, -0.1) is 0 Å². The van der Waals surface area contributed by atoms with Gasteiger partial charge in [0.25, 0.3) is 0 Å². The number of amides is 1. The van der Waals surface area contributed by atoms with Crippen LogP contribution >= 0.6 is 0 Å². The molecule has 0 aliphatic carbocycles. The van der Waals surface area contributed by atoms with Crippen LogP contribution in [-0.2, 0) is 14.3 Å². The molecule has 1 atom stereocenters. The van der Waals surface area contributed by atoms with Gasteiger partial charge in [-0.1, -0.05) is 13.8 Å². The largest absolute Gasteiger partial charge is 0.379 e. The molecule has 0 aromatic heterocycles. The predicted molar refractivity (Wildman–Crippen MR) is 72.4 cm³/mol. The summed E-state index contributed by atoms with van der Waals surface area (Å²) in [6, 6.07) is 0. The zero-order valence-electron chi connectivity index (χ0n) is 12.1. The molecule has 0 heterocycles. The Balaban J connectivity index is 3.89. The lowest BCUT2D eigenvalue weighted by molar-refractivity contribution is -0.128.